The Morgan fingerprint density at radius 2 is 1.79 bits per heavy atom. The zero-order valence-corrected chi connectivity index (χ0v) is 17.2. The molecule has 1 fully saturated rings. The Bertz CT molecular complexity index is 1030. The lowest BCUT2D eigenvalue weighted by atomic mass is 10.1. The first kappa shape index (κ1) is 20.6. The van der Waals surface area contributed by atoms with E-state index in [-0.39, 0.29) is 22.9 Å². The standard InChI is InChI=1S/C19H12Cl3N3O2S/c20-11-1-4-13(5-2-11)25-18(27)16(28-19(25)14(9-23)17(24)26)8-10-7-12(21)3-6-15(10)22/h1-7,16H,8H2,(H2,24,26)/b19-14+/t16-/m1/s1. The van der Waals surface area contributed by atoms with Crippen molar-refractivity contribution in [2.24, 2.45) is 5.73 Å². The number of nitriles is 1. The summed E-state index contributed by atoms with van der Waals surface area (Å²) in [6.07, 6.45) is 0.272. The Balaban J connectivity index is 2.05. The monoisotopic (exact) mass is 451 g/mol. The minimum Gasteiger partial charge on any atom is -0.365 e. The number of benzene rings is 2. The van der Waals surface area contributed by atoms with Gasteiger partial charge in [0.15, 0.2) is 0 Å². The van der Waals surface area contributed by atoms with Crippen molar-refractivity contribution in [1.29, 1.82) is 5.26 Å². The van der Waals surface area contributed by atoms with Crippen LogP contribution in [0.3, 0.4) is 0 Å². The molecule has 5 nitrogen and oxygen atoms in total. The molecule has 1 aliphatic rings. The first-order valence-electron chi connectivity index (χ1n) is 7.96. The number of thioether (sulfide) groups is 1. The van der Waals surface area contributed by atoms with Crippen LogP contribution in [0.25, 0.3) is 0 Å². The van der Waals surface area contributed by atoms with E-state index in [2.05, 4.69) is 0 Å². The van der Waals surface area contributed by atoms with Crippen molar-refractivity contribution in [2.75, 3.05) is 4.90 Å². The molecule has 2 aromatic carbocycles. The molecule has 2 aromatic rings. The van der Waals surface area contributed by atoms with Crippen molar-refractivity contribution >= 4 is 64.1 Å². The number of primary amides is 1. The number of carbonyl (C=O) groups excluding carboxylic acids is 2. The number of hydrogen-bond acceptors (Lipinski definition) is 4. The molecule has 0 bridgehead atoms. The van der Waals surface area contributed by atoms with E-state index in [1.807, 2.05) is 0 Å². The van der Waals surface area contributed by atoms with Crippen LogP contribution in [0.4, 0.5) is 5.69 Å². The molecule has 28 heavy (non-hydrogen) atoms. The van der Waals surface area contributed by atoms with E-state index in [1.54, 1.807) is 48.5 Å². The molecule has 2 N–H and O–H groups in total. The van der Waals surface area contributed by atoms with E-state index in [9.17, 15) is 14.9 Å². The Kier molecular flexibility index (Phi) is 6.21. The Hall–Kier alpha value is -2.17. The molecule has 2 amide bonds. The van der Waals surface area contributed by atoms with Crippen LogP contribution in [0.2, 0.25) is 15.1 Å². The Labute approximate surface area is 180 Å². The second kappa shape index (κ2) is 8.46. The van der Waals surface area contributed by atoms with Crippen LogP contribution in [0.1, 0.15) is 5.56 Å². The number of anilines is 1. The minimum atomic E-state index is -0.904. The summed E-state index contributed by atoms with van der Waals surface area (Å²) < 4.78 is 0. The summed E-state index contributed by atoms with van der Waals surface area (Å²) in [6, 6.07) is 13.3. The first-order valence-corrected chi connectivity index (χ1v) is 9.97. The topological polar surface area (TPSA) is 87.2 Å². The van der Waals surface area contributed by atoms with Gasteiger partial charge in [-0.2, -0.15) is 5.26 Å². The van der Waals surface area contributed by atoms with E-state index in [0.29, 0.717) is 26.3 Å². The summed E-state index contributed by atoms with van der Waals surface area (Å²) in [6.45, 7) is 0. The maximum Gasteiger partial charge on any atom is 0.262 e. The van der Waals surface area contributed by atoms with Gasteiger partial charge in [-0.25, -0.2) is 0 Å². The zero-order chi connectivity index (χ0) is 20.4. The van der Waals surface area contributed by atoms with Gasteiger partial charge in [0.05, 0.1) is 5.25 Å². The third kappa shape index (κ3) is 4.13. The quantitative estimate of drug-likeness (QED) is 0.544. The lowest BCUT2D eigenvalue weighted by molar-refractivity contribution is -0.117. The lowest BCUT2D eigenvalue weighted by Gasteiger charge is -2.18. The molecular formula is C19H12Cl3N3O2S. The fraction of sp³-hybridized carbons (Fsp3) is 0.105. The van der Waals surface area contributed by atoms with Crippen molar-refractivity contribution in [3.05, 3.63) is 73.7 Å². The third-order valence-electron chi connectivity index (χ3n) is 4.02. The third-order valence-corrected chi connectivity index (χ3v) is 6.14. The van der Waals surface area contributed by atoms with E-state index in [0.717, 1.165) is 11.8 Å². The molecule has 0 aromatic heterocycles. The molecule has 142 valence electrons. The first-order chi connectivity index (χ1) is 13.3. The molecule has 1 heterocycles. The van der Waals surface area contributed by atoms with Crippen molar-refractivity contribution in [3.63, 3.8) is 0 Å². The van der Waals surface area contributed by atoms with Crippen molar-refractivity contribution < 1.29 is 9.59 Å². The van der Waals surface area contributed by atoms with Gasteiger partial charge in [-0.3, -0.25) is 14.5 Å². The molecule has 9 heteroatoms. The van der Waals surface area contributed by atoms with Crippen LogP contribution < -0.4 is 10.6 Å². The predicted molar refractivity (Wildman–Crippen MR) is 112 cm³/mol. The molecule has 0 spiro atoms. The van der Waals surface area contributed by atoms with Gasteiger partial charge in [0.1, 0.15) is 16.7 Å². The van der Waals surface area contributed by atoms with Crippen LogP contribution in [-0.2, 0) is 16.0 Å². The molecular weight excluding hydrogens is 441 g/mol. The molecule has 1 aliphatic heterocycles. The molecule has 0 saturated carbocycles. The number of halogens is 3. The highest BCUT2D eigenvalue weighted by Gasteiger charge is 2.40. The average Bonchev–Trinajstić information content (AvgIpc) is 2.95. The largest absolute Gasteiger partial charge is 0.365 e. The highest BCUT2D eigenvalue weighted by Crippen LogP contribution is 2.42. The summed E-state index contributed by atoms with van der Waals surface area (Å²) in [4.78, 5) is 26.2. The van der Waals surface area contributed by atoms with Crippen LogP contribution in [-0.4, -0.2) is 17.1 Å². The zero-order valence-electron chi connectivity index (χ0n) is 14.2. The average molecular weight is 453 g/mol. The highest BCUT2D eigenvalue weighted by atomic mass is 35.5. The van der Waals surface area contributed by atoms with E-state index >= 15 is 0 Å². The molecule has 1 saturated heterocycles. The lowest BCUT2D eigenvalue weighted by Crippen LogP contribution is -2.31. The van der Waals surface area contributed by atoms with Gasteiger partial charge in [-0.15, -0.1) is 0 Å². The number of amides is 2. The summed E-state index contributed by atoms with van der Waals surface area (Å²) in [5.41, 5.74) is 6.23. The molecule has 0 radical (unpaired) electrons. The number of carbonyl (C=O) groups is 2. The fourth-order valence-electron chi connectivity index (χ4n) is 2.72. The number of nitrogens with two attached hydrogens (primary N) is 1. The van der Waals surface area contributed by atoms with Gasteiger partial charge in [-0.05, 0) is 54.4 Å². The van der Waals surface area contributed by atoms with Gasteiger partial charge in [0, 0.05) is 20.8 Å². The Morgan fingerprint density at radius 1 is 1.14 bits per heavy atom. The predicted octanol–water partition coefficient (Wildman–Crippen LogP) is 4.56. The van der Waals surface area contributed by atoms with Crippen LogP contribution in [0, 0.1) is 11.3 Å². The van der Waals surface area contributed by atoms with Crippen LogP contribution >= 0.6 is 46.6 Å². The molecule has 1 atom stereocenters. The van der Waals surface area contributed by atoms with Crippen LogP contribution in [0.15, 0.2) is 53.1 Å². The van der Waals surface area contributed by atoms with Crippen molar-refractivity contribution in [3.8, 4) is 6.07 Å². The number of rotatable bonds is 4. The van der Waals surface area contributed by atoms with Gasteiger partial charge >= 0.3 is 0 Å². The van der Waals surface area contributed by atoms with Crippen LogP contribution in [0.5, 0.6) is 0 Å². The Morgan fingerprint density at radius 3 is 2.39 bits per heavy atom. The van der Waals surface area contributed by atoms with E-state index < -0.39 is 11.2 Å². The second-order valence-electron chi connectivity index (χ2n) is 5.85. The number of hydrogen-bond donors (Lipinski definition) is 1. The normalized spacial score (nSPS) is 18.1. The smallest absolute Gasteiger partial charge is 0.262 e. The summed E-state index contributed by atoms with van der Waals surface area (Å²) in [5.74, 6) is -1.20. The molecule has 0 aliphatic carbocycles. The maximum absolute atomic E-state index is 13.1. The van der Waals surface area contributed by atoms with Gasteiger partial charge < -0.3 is 5.73 Å². The second-order valence-corrected chi connectivity index (χ2v) is 8.32. The fourth-order valence-corrected chi connectivity index (χ4v) is 4.54. The van der Waals surface area contributed by atoms with Gasteiger partial charge in [0.25, 0.3) is 5.91 Å². The van der Waals surface area contributed by atoms with E-state index in [4.69, 9.17) is 40.5 Å². The molecule has 3 rings (SSSR count). The van der Waals surface area contributed by atoms with Gasteiger partial charge in [0.2, 0.25) is 5.91 Å². The summed E-state index contributed by atoms with van der Waals surface area (Å²) in [7, 11) is 0. The summed E-state index contributed by atoms with van der Waals surface area (Å²) in [5, 5.41) is 10.4. The van der Waals surface area contributed by atoms with Crippen molar-refractivity contribution in [1.82, 2.24) is 0 Å². The maximum atomic E-state index is 13.1. The summed E-state index contributed by atoms with van der Waals surface area (Å²) >= 11 is 19.3. The molecule has 0 unspecified atom stereocenters. The van der Waals surface area contributed by atoms with Gasteiger partial charge in [-0.1, -0.05) is 46.6 Å². The highest BCUT2D eigenvalue weighted by molar-refractivity contribution is 8.05. The SMILES string of the molecule is N#C/C(C(N)=O)=C1\S[C@H](Cc2cc(Cl)ccc2Cl)C(=O)N1c1ccc(Cl)cc1. The minimum absolute atomic E-state index is 0.186. The van der Waals surface area contributed by atoms with E-state index in [1.165, 1.54) is 4.90 Å². The number of nitrogens with zero attached hydrogens (tertiary/aromatic N) is 2. The van der Waals surface area contributed by atoms with Crippen molar-refractivity contribution in [2.45, 2.75) is 11.7 Å².